The quantitative estimate of drug-likeness (QED) is 0.600. The van der Waals surface area contributed by atoms with Crippen LogP contribution < -0.4 is 5.32 Å². The zero-order chi connectivity index (χ0) is 22.9. The lowest BCUT2D eigenvalue weighted by molar-refractivity contribution is -0.143. The van der Waals surface area contributed by atoms with Gasteiger partial charge >= 0.3 is 12.4 Å². The summed E-state index contributed by atoms with van der Waals surface area (Å²) in [7, 11) is 0. The number of hydrogen-bond donors (Lipinski definition) is 2. The van der Waals surface area contributed by atoms with E-state index in [0.717, 1.165) is 5.56 Å². The van der Waals surface area contributed by atoms with E-state index in [1.807, 2.05) is 30.3 Å². The smallest absolute Gasteiger partial charge is 0.392 e. The van der Waals surface area contributed by atoms with Gasteiger partial charge in [-0.25, -0.2) is 0 Å². The molecule has 1 fully saturated rings. The molecule has 1 aliphatic rings. The summed E-state index contributed by atoms with van der Waals surface area (Å²) in [6.45, 7) is 1.74. The summed E-state index contributed by atoms with van der Waals surface area (Å²) in [5.74, 6) is 0. The third-order valence-electron chi connectivity index (χ3n) is 5.57. The fourth-order valence-corrected chi connectivity index (χ4v) is 3.70. The molecule has 0 radical (unpaired) electrons. The van der Waals surface area contributed by atoms with E-state index in [2.05, 4.69) is 5.32 Å². The Morgan fingerprint density at radius 3 is 2.10 bits per heavy atom. The summed E-state index contributed by atoms with van der Waals surface area (Å²) in [4.78, 5) is 0. The van der Waals surface area contributed by atoms with Crippen molar-refractivity contribution >= 4 is 0 Å². The van der Waals surface area contributed by atoms with Gasteiger partial charge in [0.05, 0.1) is 35.5 Å². The largest absolute Gasteiger partial charge is 0.416 e. The minimum atomic E-state index is -4.91. The van der Waals surface area contributed by atoms with Crippen LogP contribution in [0.1, 0.15) is 48.1 Å². The van der Waals surface area contributed by atoms with E-state index in [0.29, 0.717) is 31.5 Å². The number of ether oxygens (including phenoxy) is 1. The van der Waals surface area contributed by atoms with E-state index in [1.54, 1.807) is 0 Å². The van der Waals surface area contributed by atoms with Gasteiger partial charge in [-0.1, -0.05) is 30.3 Å². The highest BCUT2D eigenvalue weighted by Gasteiger charge is 2.39. The number of β-amino-alcohol motifs (C(OH)–C–C–N with tert-alkyl or cyclic N) is 1. The van der Waals surface area contributed by atoms with Crippen molar-refractivity contribution in [2.75, 3.05) is 13.2 Å². The third kappa shape index (κ3) is 5.58. The van der Waals surface area contributed by atoms with Crippen molar-refractivity contribution in [1.82, 2.24) is 5.32 Å². The van der Waals surface area contributed by atoms with Gasteiger partial charge in [0.15, 0.2) is 0 Å². The SMILES string of the molecule is C[C@@H](OC[C@@]1(c2ccccc2)CCC(O)CN1)c1cc(C(F)(F)F)cc(C(F)(F)F)c1. The molecule has 0 spiro atoms. The van der Waals surface area contributed by atoms with Gasteiger partial charge < -0.3 is 15.2 Å². The first-order valence-electron chi connectivity index (χ1n) is 9.80. The number of alkyl halides is 6. The standard InChI is InChI=1S/C22H23F6NO2/c1-14(15-9-17(21(23,24)25)11-18(10-15)22(26,27)28)31-13-20(8-7-19(30)12-29-20)16-5-3-2-4-6-16/h2-6,9-11,14,19,29-30H,7-8,12-13H2,1H3/t14-,19?,20-/m1/s1. The highest BCUT2D eigenvalue weighted by Crippen LogP contribution is 2.39. The molecule has 1 saturated heterocycles. The van der Waals surface area contributed by atoms with Crippen molar-refractivity contribution in [3.63, 3.8) is 0 Å². The molecule has 0 saturated carbocycles. The number of rotatable bonds is 5. The van der Waals surface area contributed by atoms with Crippen LogP contribution in [0.4, 0.5) is 26.3 Å². The minimum Gasteiger partial charge on any atom is -0.392 e. The van der Waals surface area contributed by atoms with Crippen LogP contribution in [-0.4, -0.2) is 24.4 Å². The molecule has 3 atom stereocenters. The summed E-state index contributed by atoms with van der Waals surface area (Å²) in [5, 5.41) is 13.1. The Balaban J connectivity index is 1.87. The van der Waals surface area contributed by atoms with Crippen LogP contribution in [0.3, 0.4) is 0 Å². The lowest BCUT2D eigenvalue weighted by Gasteiger charge is -2.41. The number of nitrogens with one attached hydrogen (secondary N) is 1. The maximum Gasteiger partial charge on any atom is 0.416 e. The highest BCUT2D eigenvalue weighted by molar-refractivity contribution is 5.35. The second kappa shape index (κ2) is 8.80. The minimum absolute atomic E-state index is 0.0164. The molecule has 0 aliphatic carbocycles. The average Bonchev–Trinajstić information content (AvgIpc) is 2.72. The van der Waals surface area contributed by atoms with E-state index >= 15 is 0 Å². The van der Waals surface area contributed by atoms with Crippen LogP contribution in [0, 0.1) is 0 Å². The maximum absolute atomic E-state index is 13.2. The number of benzene rings is 2. The average molecular weight is 447 g/mol. The highest BCUT2D eigenvalue weighted by atomic mass is 19.4. The van der Waals surface area contributed by atoms with Crippen molar-refractivity contribution in [3.8, 4) is 0 Å². The summed E-state index contributed by atoms with van der Waals surface area (Å²) in [6, 6.07) is 10.7. The van der Waals surface area contributed by atoms with Crippen molar-refractivity contribution in [2.24, 2.45) is 0 Å². The molecular formula is C22H23F6NO2. The summed E-state index contributed by atoms with van der Waals surface area (Å²) in [5.41, 5.74) is -2.78. The number of piperidine rings is 1. The van der Waals surface area contributed by atoms with Gasteiger partial charge in [0.1, 0.15) is 0 Å². The zero-order valence-electron chi connectivity index (χ0n) is 16.7. The van der Waals surface area contributed by atoms with E-state index in [-0.39, 0.29) is 18.2 Å². The Kier molecular flexibility index (Phi) is 6.69. The van der Waals surface area contributed by atoms with Crippen molar-refractivity contribution in [3.05, 3.63) is 70.8 Å². The number of aliphatic hydroxyl groups excluding tert-OH is 1. The molecule has 0 amide bonds. The molecular weight excluding hydrogens is 424 g/mol. The molecule has 2 aromatic carbocycles. The molecule has 1 heterocycles. The molecule has 0 aromatic heterocycles. The van der Waals surface area contributed by atoms with Crippen LogP contribution in [0.25, 0.3) is 0 Å². The Labute approximate surface area is 176 Å². The zero-order valence-corrected chi connectivity index (χ0v) is 16.7. The second-order valence-electron chi connectivity index (χ2n) is 7.81. The third-order valence-corrected chi connectivity index (χ3v) is 5.57. The fraction of sp³-hybridized carbons (Fsp3) is 0.455. The molecule has 2 aromatic rings. The van der Waals surface area contributed by atoms with Crippen LogP contribution in [0.2, 0.25) is 0 Å². The van der Waals surface area contributed by atoms with Crippen LogP contribution in [0.15, 0.2) is 48.5 Å². The Bertz CT molecular complexity index is 842. The van der Waals surface area contributed by atoms with Gasteiger partial charge in [-0.3, -0.25) is 0 Å². The Hall–Kier alpha value is -2.10. The number of halogens is 6. The number of hydrogen-bond acceptors (Lipinski definition) is 3. The maximum atomic E-state index is 13.2. The Morgan fingerprint density at radius 1 is 1.03 bits per heavy atom. The van der Waals surface area contributed by atoms with E-state index in [1.165, 1.54) is 6.92 Å². The molecule has 2 N–H and O–H groups in total. The fourth-order valence-electron chi connectivity index (χ4n) is 3.70. The predicted octanol–water partition coefficient (Wildman–Crippen LogP) is 5.44. The lowest BCUT2D eigenvalue weighted by atomic mass is 9.82. The molecule has 0 bridgehead atoms. The van der Waals surface area contributed by atoms with E-state index in [4.69, 9.17) is 4.74 Å². The Morgan fingerprint density at radius 2 is 1.61 bits per heavy atom. The van der Waals surface area contributed by atoms with Gasteiger partial charge in [0.2, 0.25) is 0 Å². The normalized spacial score (nSPS) is 23.5. The molecule has 3 rings (SSSR count). The van der Waals surface area contributed by atoms with Gasteiger partial charge in [0, 0.05) is 6.54 Å². The monoisotopic (exact) mass is 447 g/mol. The second-order valence-corrected chi connectivity index (χ2v) is 7.81. The summed E-state index contributed by atoms with van der Waals surface area (Å²) in [6.07, 6.45) is -10.4. The van der Waals surface area contributed by atoms with Crippen molar-refractivity contribution in [1.29, 1.82) is 0 Å². The van der Waals surface area contributed by atoms with Crippen molar-refractivity contribution in [2.45, 2.75) is 49.9 Å². The molecule has 9 heteroatoms. The topological polar surface area (TPSA) is 41.5 Å². The molecule has 3 nitrogen and oxygen atoms in total. The van der Waals surface area contributed by atoms with Gasteiger partial charge in [0.25, 0.3) is 0 Å². The van der Waals surface area contributed by atoms with Crippen LogP contribution >= 0.6 is 0 Å². The first-order chi connectivity index (χ1) is 14.4. The molecule has 31 heavy (non-hydrogen) atoms. The number of aliphatic hydroxyl groups is 1. The molecule has 1 unspecified atom stereocenters. The first-order valence-corrected chi connectivity index (χ1v) is 9.80. The summed E-state index contributed by atoms with van der Waals surface area (Å²) >= 11 is 0. The lowest BCUT2D eigenvalue weighted by Crippen LogP contribution is -2.53. The van der Waals surface area contributed by atoms with Gasteiger partial charge in [-0.2, -0.15) is 26.3 Å². The predicted molar refractivity (Wildman–Crippen MR) is 102 cm³/mol. The molecule has 170 valence electrons. The molecule has 1 aliphatic heterocycles. The van der Waals surface area contributed by atoms with E-state index in [9.17, 15) is 31.4 Å². The van der Waals surface area contributed by atoms with Gasteiger partial charge in [-0.15, -0.1) is 0 Å². The first kappa shape index (κ1) is 23.6. The van der Waals surface area contributed by atoms with E-state index < -0.39 is 41.2 Å². The van der Waals surface area contributed by atoms with Crippen LogP contribution in [0.5, 0.6) is 0 Å². The van der Waals surface area contributed by atoms with Crippen molar-refractivity contribution < 1.29 is 36.2 Å². The van der Waals surface area contributed by atoms with Crippen LogP contribution in [-0.2, 0) is 22.6 Å². The summed E-state index contributed by atoms with van der Waals surface area (Å²) < 4.78 is 84.7. The van der Waals surface area contributed by atoms with Gasteiger partial charge in [-0.05, 0) is 49.1 Å².